The predicted molar refractivity (Wildman–Crippen MR) is 123 cm³/mol. The normalized spacial score (nSPS) is 24.9. The topological polar surface area (TPSA) is 43.9 Å². The highest BCUT2D eigenvalue weighted by molar-refractivity contribution is 7.88. The molecule has 0 bridgehead atoms. The third-order valence-electron chi connectivity index (χ3n) is 6.38. The van der Waals surface area contributed by atoms with Gasteiger partial charge in [-0.15, -0.1) is 11.3 Å². The van der Waals surface area contributed by atoms with Gasteiger partial charge in [0.05, 0.1) is 16.5 Å². The summed E-state index contributed by atoms with van der Waals surface area (Å²) in [5, 5.41) is 3.09. The smallest absolute Gasteiger partial charge is 0.241 e. The lowest BCUT2D eigenvalue weighted by atomic mass is 10.1. The molecule has 0 saturated carbocycles. The van der Waals surface area contributed by atoms with E-state index in [1.54, 1.807) is 36.2 Å². The summed E-state index contributed by atoms with van der Waals surface area (Å²) >= 11 is 1.60. The Morgan fingerprint density at radius 1 is 1.17 bits per heavy atom. The van der Waals surface area contributed by atoms with Crippen LogP contribution in [0.3, 0.4) is 0 Å². The Kier molecular flexibility index (Phi) is 6.19. The van der Waals surface area contributed by atoms with Gasteiger partial charge in [-0.25, -0.2) is 4.39 Å². The van der Waals surface area contributed by atoms with Crippen LogP contribution in [0.4, 0.5) is 10.1 Å². The summed E-state index contributed by atoms with van der Waals surface area (Å²) in [4.78, 5) is 19.2. The van der Waals surface area contributed by atoms with Crippen LogP contribution >= 0.6 is 11.3 Å². The zero-order valence-electron chi connectivity index (χ0n) is 17.9. The molecule has 5 nitrogen and oxygen atoms in total. The minimum atomic E-state index is -1.14. The molecule has 4 rings (SSSR count). The van der Waals surface area contributed by atoms with Crippen LogP contribution in [0.25, 0.3) is 10.1 Å². The number of carbonyl (C=O) groups excluding carboxylic acids is 1. The summed E-state index contributed by atoms with van der Waals surface area (Å²) < 4.78 is 26.1. The lowest BCUT2D eigenvalue weighted by Gasteiger charge is -2.36. The molecule has 2 aromatic rings. The highest BCUT2D eigenvalue weighted by Crippen LogP contribution is 2.34. The number of hydrogen-bond donors (Lipinski definition) is 0. The summed E-state index contributed by atoms with van der Waals surface area (Å²) in [6, 6.07) is 5.04. The Bertz CT molecular complexity index is 953. The molecular formula is C22H30FN3O2S2. The second kappa shape index (κ2) is 8.55. The van der Waals surface area contributed by atoms with E-state index in [0.29, 0.717) is 6.54 Å². The van der Waals surface area contributed by atoms with Crippen LogP contribution in [0.15, 0.2) is 23.6 Å². The molecule has 30 heavy (non-hydrogen) atoms. The van der Waals surface area contributed by atoms with Crippen molar-refractivity contribution in [1.82, 2.24) is 9.80 Å². The highest BCUT2D eigenvalue weighted by atomic mass is 32.2. The van der Waals surface area contributed by atoms with E-state index in [9.17, 15) is 13.4 Å². The third-order valence-corrected chi connectivity index (χ3v) is 9.37. The first-order chi connectivity index (χ1) is 14.3. The molecule has 2 unspecified atom stereocenters. The number of anilines is 1. The number of piperazine rings is 1. The van der Waals surface area contributed by atoms with Crippen molar-refractivity contribution < 1.29 is 13.4 Å². The Morgan fingerprint density at radius 3 is 2.53 bits per heavy atom. The van der Waals surface area contributed by atoms with E-state index in [4.69, 9.17) is 0 Å². The van der Waals surface area contributed by atoms with Gasteiger partial charge in [-0.1, -0.05) is 0 Å². The molecule has 0 aliphatic carbocycles. The van der Waals surface area contributed by atoms with Gasteiger partial charge in [-0.2, -0.15) is 0 Å². The number of unbranched alkanes of at least 4 members (excludes halogenated alkanes) is 1. The quantitative estimate of drug-likeness (QED) is 0.629. The summed E-state index contributed by atoms with van der Waals surface area (Å²) in [6.45, 7) is 11.1. The summed E-state index contributed by atoms with van der Waals surface area (Å²) in [7, 11) is -1.14. The first-order valence-electron chi connectivity index (χ1n) is 10.6. The summed E-state index contributed by atoms with van der Waals surface area (Å²) in [6.07, 6.45) is 1.97. The molecule has 0 spiro atoms. The van der Waals surface area contributed by atoms with Gasteiger partial charge < -0.3 is 9.80 Å². The first kappa shape index (κ1) is 21.7. The van der Waals surface area contributed by atoms with Crippen molar-refractivity contribution in [3.63, 3.8) is 0 Å². The van der Waals surface area contributed by atoms with Crippen molar-refractivity contribution >= 4 is 43.8 Å². The summed E-state index contributed by atoms with van der Waals surface area (Å²) in [5.74, 6) is -0.162. The minimum absolute atomic E-state index is 0.0184. The number of amides is 1. The van der Waals surface area contributed by atoms with Crippen molar-refractivity contribution in [3.05, 3.63) is 29.4 Å². The van der Waals surface area contributed by atoms with Crippen molar-refractivity contribution in [2.24, 2.45) is 0 Å². The molecule has 2 aliphatic heterocycles. The molecule has 2 saturated heterocycles. The van der Waals surface area contributed by atoms with Crippen LogP contribution in [-0.2, 0) is 15.6 Å². The van der Waals surface area contributed by atoms with Gasteiger partial charge in [0.15, 0.2) is 0 Å². The molecule has 1 amide bonds. The Labute approximate surface area is 184 Å². The van der Waals surface area contributed by atoms with Gasteiger partial charge in [0, 0.05) is 48.2 Å². The van der Waals surface area contributed by atoms with Crippen molar-refractivity contribution in [2.45, 2.75) is 43.7 Å². The maximum Gasteiger partial charge on any atom is 0.241 e. The Morgan fingerprint density at radius 2 is 1.87 bits per heavy atom. The number of rotatable bonds is 6. The third kappa shape index (κ3) is 4.01. The van der Waals surface area contributed by atoms with Crippen LogP contribution in [0.1, 0.15) is 33.6 Å². The lowest BCUT2D eigenvalue weighted by Crippen LogP contribution is -2.46. The molecule has 0 radical (unpaired) electrons. The van der Waals surface area contributed by atoms with Gasteiger partial charge in [-0.3, -0.25) is 13.9 Å². The number of hydrogen-bond acceptors (Lipinski definition) is 5. The lowest BCUT2D eigenvalue weighted by molar-refractivity contribution is -0.131. The highest BCUT2D eigenvalue weighted by Gasteiger charge is 2.49. The van der Waals surface area contributed by atoms with Crippen LogP contribution in [0.5, 0.6) is 0 Å². The molecule has 1 aromatic carbocycles. The molecule has 0 N–H and O–H groups in total. The van der Waals surface area contributed by atoms with Crippen molar-refractivity contribution in [1.29, 1.82) is 0 Å². The van der Waals surface area contributed by atoms with Gasteiger partial charge in [-0.05, 0) is 58.4 Å². The van der Waals surface area contributed by atoms with Gasteiger partial charge >= 0.3 is 0 Å². The average molecular weight is 452 g/mol. The molecule has 164 valence electrons. The van der Waals surface area contributed by atoms with E-state index >= 15 is 0 Å². The Hall–Kier alpha value is -1.51. The standard InChI is InChI=1S/C22H30FN3O2S2/c1-16-26(21(27)22(2,3)30(16)28)9-5-4-8-24-10-12-25(13-11-24)19-15-29-20-14-17(23)6-7-18(19)20/h6-7,14-16H,4-5,8-13H2,1-3H3. The number of fused-ring (bicyclic) bond motifs is 1. The zero-order chi connectivity index (χ0) is 21.5. The van der Waals surface area contributed by atoms with Gasteiger partial charge in [0.1, 0.15) is 15.9 Å². The molecule has 2 fully saturated rings. The van der Waals surface area contributed by atoms with E-state index in [-0.39, 0.29) is 17.1 Å². The SMILES string of the molecule is CC1N(CCCCN2CCN(c3csc4cc(F)ccc34)CC2)C(=O)C(C)(C)S1=O. The molecule has 3 heterocycles. The van der Waals surface area contributed by atoms with Gasteiger partial charge in [0.25, 0.3) is 0 Å². The Balaban J connectivity index is 1.23. The molecular weight excluding hydrogens is 421 g/mol. The zero-order valence-corrected chi connectivity index (χ0v) is 19.5. The van der Waals surface area contributed by atoms with E-state index in [0.717, 1.165) is 55.7 Å². The van der Waals surface area contributed by atoms with Crippen LogP contribution < -0.4 is 4.90 Å². The maximum atomic E-state index is 13.4. The fourth-order valence-corrected chi connectivity index (χ4v) is 7.05. The largest absolute Gasteiger partial charge is 0.368 e. The minimum Gasteiger partial charge on any atom is -0.368 e. The van der Waals surface area contributed by atoms with E-state index in [1.165, 1.54) is 11.8 Å². The fraction of sp³-hybridized carbons (Fsp3) is 0.591. The van der Waals surface area contributed by atoms with E-state index in [1.807, 2.05) is 13.0 Å². The molecule has 2 aliphatic rings. The number of halogens is 1. The van der Waals surface area contributed by atoms with Crippen molar-refractivity contribution in [3.8, 4) is 0 Å². The number of carbonyl (C=O) groups is 1. The first-order valence-corrected chi connectivity index (χ1v) is 12.7. The van der Waals surface area contributed by atoms with Crippen LogP contribution in [0, 0.1) is 5.82 Å². The number of benzene rings is 1. The molecule has 2 atom stereocenters. The van der Waals surface area contributed by atoms with Gasteiger partial charge in [0.2, 0.25) is 5.91 Å². The molecule has 8 heteroatoms. The molecule has 1 aromatic heterocycles. The number of thiophene rings is 1. The maximum absolute atomic E-state index is 13.4. The van der Waals surface area contributed by atoms with E-state index in [2.05, 4.69) is 15.2 Å². The summed E-state index contributed by atoms with van der Waals surface area (Å²) in [5.41, 5.74) is 1.21. The predicted octanol–water partition coefficient (Wildman–Crippen LogP) is 3.66. The van der Waals surface area contributed by atoms with Crippen LogP contribution in [0.2, 0.25) is 0 Å². The second-order valence-corrected chi connectivity index (χ2v) is 11.9. The monoisotopic (exact) mass is 451 g/mol. The van der Waals surface area contributed by atoms with Crippen molar-refractivity contribution in [2.75, 3.05) is 44.2 Å². The second-order valence-electron chi connectivity index (χ2n) is 8.70. The fourth-order valence-electron chi connectivity index (χ4n) is 4.49. The van der Waals surface area contributed by atoms with Crippen LogP contribution in [-0.4, -0.2) is 69.3 Å². The average Bonchev–Trinajstić information content (AvgIpc) is 3.20. The number of nitrogens with zero attached hydrogens (tertiary/aromatic N) is 3. The van der Waals surface area contributed by atoms with E-state index < -0.39 is 15.5 Å².